The van der Waals surface area contributed by atoms with Gasteiger partial charge in [0, 0.05) is 24.3 Å². The van der Waals surface area contributed by atoms with Gasteiger partial charge in [-0.2, -0.15) is 0 Å². The predicted octanol–water partition coefficient (Wildman–Crippen LogP) is 2.96. The summed E-state index contributed by atoms with van der Waals surface area (Å²) < 4.78 is 6.08. The van der Waals surface area contributed by atoms with E-state index in [2.05, 4.69) is 4.98 Å². The molecule has 3 rings (SSSR count). The molecule has 2 aliphatic rings. The van der Waals surface area contributed by atoms with E-state index in [1.807, 2.05) is 5.38 Å². The van der Waals surface area contributed by atoms with Gasteiger partial charge in [0.15, 0.2) is 5.78 Å². The van der Waals surface area contributed by atoms with Crippen molar-refractivity contribution in [2.24, 2.45) is 11.7 Å². The van der Waals surface area contributed by atoms with Gasteiger partial charge in [0.25, 0.3) is 0 Å². The van der Waals surface area contributed by atoms with Crippen LogP contribution in [0.3, 0.4) is 0 Å². The van der Waals surface area contributed by atoms with E-state index in [0.29, 0.717) is 12.2 Å². The van der Waals surface area contributed by atoms with Gasteiger partial charge in [-0.05, 0) is 32.2 Å². The number of ketones is 1. The molecule has 1 atom stereocenters. The number of thiazole rings is 1. The minimum atomic E-state index is -0.0209. The smallest absolute Gasteiger partial charge is 0.185 e. The molecule has 2 N–H and O–H groups in total. The van der Waals surface area contributed by atoms with Crippen LogP contribution in [-0.2, 0) is 11.2 Å². The Morgan fingerprint density at radius 1 is 1.43 bits per heavy atom. The lowest BCUT2D eigenvalue weighted by molar-refractivity contribution is -0.111. The molecule has 4 nitrogen and oxygen atoms in total. The summed E-state index contributed by atoms with van der Waals surface area (Å²) in [4.78, 5) is 17.2. The summed E-state index contributed by atoms with van der Waals surface area (Å²) in [6.45, 7) is 1.30. The molecule has 0 bridgehead atoms. The fourth-order valence-electron chi connectivity index (χ4n) is 3.67. The van der Waals surface area contributed by atoms with Crippen molar-refractivity contribution >= 4 is 17.1 Å². The van der Waals surface area contributed by atoms with Crippen LogP contribution in [0.2, 0.25) is 0 Å². The van der Waals surface area contributed by atoms with Gasteiger partial charge >= 0.3 is 0 Å². The number of nitrogens with zero attached hydrogens (tertiary/aromatic N) is 1. The van der Waals surface area contributed by atoms with Gasteiger partial charge in [0.1, 0.15) is 5.69 Å². The highest BCUT2D eigenvalue weighted by molar-refractivity contribution is 7.09. The lowest BCUT2D eigenvalue weighted by Gasteiger charge is -2.43. The number of rotatable bonds is 4. The highest BCUT2D eigenvalue weighted by Gasteiger charge is 2.41. The zero-order valence-corrected chi connectivity index (χ0v) is 13.3. The molecule has 5 heteroatoms. The topological polar surface area (TPSA) is 65.2 Å². The van der Waals surface area contributed by atoms with Crippen LogP contribution in [0.5, 0.6) is 0 Å². The van der Waals surface area contributed by atoms with Crippen LogP contribution >= 0.6 is 11.3 Å². The quantitative estimate of drug-likeness (QED) is 0.869. The van der Waals surface area contributed by atoms with Crippen LogP contribution in [0.4, 0.5) is 0 Å². The van der Waals surface area contributed by atoms with Crippen LogP contribution in [0.25, 0.3) is 0 Å². The molecule has 1 aliphatic carbocycles. The standard InChI is InChI=1S/C16H24N2O2S/c17-8-4-14-18-13(11-21-14)15(19)12-5-9-20-16(10-12)6-2-1-3-7-16/h11-12H,1-10,17H2. The number of carbonyl (C=O) groups is 1. The number of nitrogens with two attached hydrogens (primary N) is 1. The first kappa shape index (κ1) is 15.1. The minimum absolute atomic E-state index is 0.0209. The average Bonchev–Trinajstić information content (AvgIpc) is 2.96. The summed E-state index contributed by atoms with van der Waals surface area (Å²) in [6.07, 6.45) is 8.49. The summed E-state index contributed by atoms with van der Waals surface area (Å²) in [7, 11) is 0. The molecule has 1 spiro atoms. The molecular formula is C16H24N2O2S. The van der Waals surface area contributed by atoms with Crippen molar-refractivity contribution in [1.29, 1.82) is 0 Å². The van der Waals surface area contributed by atoms with Crippen LogP contribution in [0.15, 0.2) is 5.38 Å². The molecule has 0 radical (unpaired) electrons. The molecule has 2 fully saturated rings. The number of hydrogen-bond acceptors (Lipinski definition) is 5. The van der Waals surface area contributed by atoms with Gasteiger partial charge in [0.2, 0.25) is 0 Å². The maximum Gasteiger partial charge on any atom is 0.185 e. The second-order valence-corrected chi connectivity index (χ2v) is 7.25. The molecule has 1 aromatic rings. The Kier molecular flexibility index (Phi) is 4.72. The summed E-state index contributed by atoms with van der Waals surface area (Å²) in [6, 6.07) is 0. The van der Waals surface area contributed by atoms with E-state index in [9.17, 15) is 4.79 Å². The van der Waals surface area contributed by atoms with E-state index in [1.54, 1.807) is 11.3 Å². The maximum absolute atomic E-state index is 12.7. The van der Waals surface area contributed by atoms with E-state index in [0.717, 1.165) is 43.7 Å². The predicted molar refractivity (Wildman–Crippen MR) is 83.7 cm³/mol. The zero-order valence-electron chi connectivity index (χ0n) is 12.5. The summed E-state index contributed by atoms with van der Waals surface area (Å²) in [5.41, 5.74) is 6.17. The van der Waals surface area contributed by atoms with Crippen LogP contribution in [0.1, 0.15) is 60.4 Å². The molecule has 1 saturated carbocycles. The van der Waals surface area contributed by atoms with Crippen molar-refractivity contribution in [2.45, 2.75) is 57.0 Å². The molecule has 1 aromatic heterocycles. The third-order valence-corrected chi connectivity index (χ3v) is 5.70. The van der Waals surface area contributed by atoms with E-state index in [1.165, 1.54) is 19.3 Å². The molecule has 1 unspecified atom stereocenters. The molecule has 116 valence electrons. The Labute approximate surface area is 130 Å². The molecule has 1 saturated heterocycles. The SMILES string of the molecule is NCCc1nc(C(=O)C2CCOC3(CCCCC3)C2)cs1. The number of aromatic nitrogens is 1. The Morgan fingerprint density at radius 2 is 2.24 bits per heavy atom. The average molecular weight is 308 g/mol. The number of ether oxygens (including phenoxy) is 1. The highest BCUT2D eigenvalue weighted by atomic mass is 32.1. The first-order chi connectivity index (χ1) is 10.2. The second-order valence-electron chi connectivity index (χ2n) is 6.31. The Balaban J connectivity index is 1.68. The zero-order chi connectivity index (χ0) is 14.7. The first-order valence-corrected chi connectivity index (χ1v) is 8.93. The highest BCUT2D eigenvalue weighted by Crippen LogP contribution is 2.41. The van der Waals surface area contributed by atoms with Crippen molar-refractivity contribution in [2.75, 3.05) is 13.2 Å². The van der Waals surface area contributed by atoms with Gasteiger partial charge in [-0.3, -0.25) is 4.79 Å². The molecule has 0 amide bonds. The Bertz CT molecular complexity index is 489. The molecule has 21 heavy (non-hydrogen) atoms. The number of Topliss-reactive ketones (excluding diaryl/α,β-unsaturated/α-hetero) is 1. The number of hydrogen-bond donors (Lipinski definition) is 1. The van der Waals surface area contributed by atoms with Crippen LogP contribution in [0, 0.1) is 5.92 Å². The van der Waals surface area contributed by atoms with Crippen LogP contribution in [-0.4, -0.2) is 29.5 Å². The summed E-state index contributed by atoms with van der Waals surface area (Å²) >= 11 is 1.55. The third-order valence-electron chi connectivity index (χ3n) is 4.79. The molecule has 2 heterocycles. The molecular weight excluding hydrogens is 284 g/mol. The first-order valence-electron chi connectivity index (χ1n) is 8.05. The second kappa shape index (κ2) is 6.55. The van der Waals surface area contributed by atoms with E-state index >= 15 is 0 Å². The van der Waals surface area contributed by atoms with E-state index in [4.69, 9.17) is 10.5 Å². The fraction of sp³-hybridized carbons (Fsp3) is 0.750. The normalized spacial score (nSPS) is 25.1. The van der Waals surface area contributed by atoms with Gasteiger partial charge in [-0.1, -0.05) is 19.3 Å². The van der Waals surface area contributed by atoms with Crippen molar-refractivity contribution in [3.05, 3.63) is 16.1 Å². The lowest BCUT2D eigenvalue weighted by atomic mass is 9.75. The van der Waals surface area contributed by atoms with Crippen molar-refractivity contribution in [3.63, 3.8) is 0 Å². The van der Waals surface area contributed by atoms with Crippen LogP contribution < -0.4 is 5.73 Å². The van der Waals surface area contributed by atoms with Gasteiger partial charge in [-0.15, -0.1) is 11.3 Å². The van der Waals surface area contributed by atoms with Gasteiger partial charge in [-0.25, -0.2) is 4.98 Å². The van der Waals surface area contributed by atoms with Gasteiger partial charge in [0.05, 0.1) is 10.6 Å². The van der Waals surface area contributed by atoms with E-state index in [-0.39, 0.29) is 17.3 Å². The third kappa shape index (κ3) is 3.35. The maximum atomic E-state index is 12.7. The number of carbonyl (C=O) groups excluding carboxylic acids is 1. The fourth-order valence-corrected chi connectivity index (χ4v) is 4.47. The van der Waals surface area contributed by atoms with Crippen molar-refractivity contribution in [3.8, 4) is 0 Å². The molecule has 0 aromatic carbocycles. The monoisotopic (exact) mass is 308 g/mol. The lowest BCUT2D eigenvalue weighted by Crippen LogP contribution is -2.43. The summed E-state index contributed by atoms with van der Waals surface area (Å²) in [5.74, 6) is 0.299. The largest absolute Gasteiger partial charge is 0.375 e. The Hall–Kier alpha value is -0.780. The van der Waals surface area contributed by atoms with Crippen molar-refractivity contribution in [1.82, 2.24) is 4.98 Å². The summed E-state index contributed by atoms with van der Waals surface area (Å²) in [5, 5.41) is 2.87. The molecule has 1 aliphatic heterocycles. The van der Waals surface area contributed by atoms with E-state index < -0.39 is 0 Å². The minimum Gasteiger partial charge on any atom is -0.375 e. The van der Waals surface area contributed by atoms with Gasteiger partial charge < -0.3 is 10.5 Å². The van der Waals surface area contributed by atoms with Crippen molar-refractivity contribution < 1.29 is 9.53 Å². The Morgan fingerprint density at radius 3 is 3.00 bits per heavy atom.